The minimum atomic E-state index is 0.326. The fourth-order valence-corrected chi connectivity index (χ4v) is 2.79. The van der Waals surface area contributed by atoms with Crippen LogP contribution in [0.2, 0.25) is 0 Å². The van der Waals surface area contributed by atoms with E-state index in [2.05, 4.69) is 20.4 Å². The Bertz CT molecular complexity index is 421. The molecule has 2 aliphatic carbocycles. The highest BCUT2D eigenvalue weighted by Gasteiger charge is 2.29. The standard InChI is InChI=1S/C15H20O/c1-9(2)12-6-5-10(3)13-8-15(16)11(4)14(13)7-12/h12H,1,5-8H2,2-4H3/t12-/m1/s1. The van der Waals surface area contributed by atoms with Crippen LogP contribution in [0.25, 0.3) is 0 Å². The Kier molecular flexibility index (Phi) is 2.88. The SMILES string of the molecule is C=C(C)[C@@H]1CCC(C)=C2CC(=O)C(C)=C2C1. The summed E-state index contributed by atoms with van der Waals surface area (Å²) in [6.07, 6.45) is 3.99. The molecule has 0 bridgehead atoms. The van der Waals surface area contributed by atoms with E-state index in [0.717, 1.165) is 18.4 Å². The van der Waals surface area contributed by atoms with Crippen LogP contribution < -0.4 is 0 Å². The summed E-state index contributed by atoms with van der Waals surface area (Å²) in [5.74, 6) is 0.884. The Hall–Kier alpha value is -1.11. The molecular weight excluding hydrogens is 196 g/mol. The Balaban J connectivity index is 2.40. The van der Waals surface area contributed by atoms with Crippen molar-refractivity contribution in [3.63, 3.8) is 0 Å². The van der Waals surface area contributed by atoms with Crippen LogP contribution in [0.15, 0.2) is 34.4 Å². The summed E-state index contributed by atoms with van der Waals surface area (Å²) in [4.78, 5) is 11.8. The number of rotatable bonds is 1. The minimum Gasteiger partial charge on any atom is -0.294 e. The molecule has 86 valence electrons. The summed E-state index contributed by atoms with van der Waals surface area (Å²) in [6.45, 7) is 10.4. The average molecular weight is 216 g/mol. The lowest BCUT2D eigenvalue weighted by Crippen LogP contribution is -2.02. The van der Waals surface area contributed by atoms with Gasteiger partial charge in [-0.1, -0.05) is 17.7 Å². The van der Waals surface area contributed by atoms with E-state index in [1.165, 1.54) is 28.7 Å². The largest absolute Gasteiger partial charge is 0.294 e. The maximum atomic E-state index is 11.8. The Morgan fingerprint density at radius 2 is 2.00 bits per heavy atom. The molecule has 0 aliphatic heterocycles. The van der Waals surface area contributed by atoms with Gasteiger partial charge in [0.1, 0.15) is 0 Å². The van der Waals surface area contributed by atoms with Gasteiger partial charge >= 0.3 is 0 Å². The van der Waals surface area contributed by atoms with Gasteiger partial charge in [0.05, 0.1) is 0 Å². The van der Waals surface area contributed by atoms with Crippen LogP contribution in [0.5, 0.6) is 0 Å². The van der Waals surface area contributed by atoms with Gasteiger partial charge in [-0.3, -0.25) is 4.79 Å². The van der Waals surface area contributed by atoms with Crippen molar-refractivity contribution in [2.24, 2.45) is 5.92 Å². The third kappa shape index (κ3) is 1.79. The van der Waals surface area contributed by atoms with Crippen molar-refractivity contribution in [3.05, 3.63) is 34.4 Å². The zero-order valence-corrected chi connectivity index (χ0v) is 10.5. The molecule has 0 aromatic rings. The predicted molar refractivity (Wildman–Crippen MR) is 67.2 cm³/mol. The summed E-state index contributed by atoms with van der Waals surface area (Å²) in [5.41, 5.74) is 6.35. The first-order valence-electron chi connectivity index (χ1n) is 6.08. The summed E-state index contributed by atoms with van der Waals surface area (Å²) in [6, 6.07) is 0. The molecule has 2 aliphatic rings. The van der Waals surface area contributed by atoms with Gasteiger partial charge in [-0.05, 0) is 62.7 Å². The van der Waals surface area contributed by atoms with E-state index in [1.807, 2.05) is 6.92 Å². The highest BCUT2D eigenvalue weighted by atomic mass is 16.1. The van der Waals surface area contributed by atoms with Gasteiger partial charge in [0.15, 0.2) is 5.78 Å². The Morgan fingerprint density at radius 1 is 1.31 bits per heavy atom. The van der Waals surface area contributed by atoms with Crippen molar-refractivity contribution >= 4 is 5.78 Å². The number of hydrogen-bond donors (Lipinski definition) is 0. The molecule has 2 rings (SSSR count). The lowest BCUT2D eigenvalue weighted by Gasteiger charge is -2.15. The summed E-state index contributed by atoms with van der Waals surface area (Å²) < 4.78 is 0. The first kappa shape index (κ1) is 11.4. The highest BCUT2D eigenvalue weighted by Crippen LogP contribution is 2.41. The molecule has 1 atom stereocenters. The maximum absolute atomic E-state index is 11.8. The third-order valence-corrected chi connectivity index (χ3v) is 4.10. The van der Waals surface area contributed by atoms with E-state index < -0.39 is 0 Å². The van der Waals surface area contributed by atoms with Crippen LogP contribution in [0.3, 0.4) is 0 Å². The fraction of sp³-hybridized carbons (Fsp3) is 0.533. The smallest absolute Gasteiger partial charge is 0.163 e. The van der Waals surface area contributed by atoms with E-state index in [4.69, 9.17) is 0 Å². The van der Waals surface area contributed by atoms with Crippen LogP contribution in [-0.2, 0) is 4.79 Å². The Morgan fingerprint density at radius 3 is 2.62 bits per heavy atom. The molecule has 0 spiro atoms. The monoisotopic (exact) mass is 216 g/mol. The maximum Gasteiger partial charge on any atom is 0.163 e. The quantitative estimate of drug-likeness (QED) is 0.606. The Labute approximate surface area is 97.9 Å². The molecule has 0 saturated heterocycles. The summed E-state index contributed by atoms with van der Waals surface area (Å²) in [5, 5.41) is 0. The van der Waals surface area contributed by atoms with Gasteiger partial charge < -0.3 is 0 Å². The average Bonchev–Trinajstić information content (AvgIpc) is 2.42. The van der Waals surface area contributed by atoms with Crippen molar-refractivity contribution in [2.75, 3.05) is 0 Å². The highest BCUT2D eigenvalue weighted by molar-refractivity contribution is 6.02. The fourth-order valence-electron chi connectivity index (χ4n) is 2.79. The lowest BCUT2D eigenvalue weighted by atomic mass is 9.90. The number of ketones is 1. The van der Waals surface area contributed by atoms with Crippen LogP contribution in [0.4, 0.5) is 0 Å². The second-order valence-corrected chi connectivity index (χ2v) is 5.25. The number of carbonyl (C=O) groups excluding carboxylic acids is 1. The molecule has 0 amide bonds. The van der Waals surface area contributed by atoms with E-state index in [-0.39, 0.29) is 0 Å². The van der Waals surface area contributed by atoms with E-state index in [0.29, 0.717) is 18.1 Å². The second kappa shape index (κ2) is 4.04. The first-order chi connectivity index (χ1) is 7.50. The van der Waals surface area contributed by atoms with Gasteiger partial charge in [0.2, 0.25) is 0 Å². The van der Waals surface area contributed by atoms with Crippen molar-refractivity contribution in [1.29, 1.82) is 0 Å². The molecule has 1 heteroatoms. The molecular formula is C15H20O. The van der Waals surface area contributed by atoms with E-state index in [1.54, 1.807) is 0 Å². The third-order valence-electron chi connectivity index (χ3n) is 4.10. The van der Waals surface area contributed by atoms with Gasteiger partial charge in [-0.2, -0.15) is 0 Å². The first-order valence-corrected chi connectivity index (χ1v) is 6.08. The van der Waals surface area contributed by atoms with Crippen molar-refractivity contribution in [2.45, 2.75) is 46.5 Å². The van der Waals surface area contributed by atoms with Crippen molar-refractivity contribution < 1.29 is 4.79 Å². The van der Waals surface area contributed by atoms with Crippen LogP contribution in [-0.4, -0.2) is 5.78 Å². The van der Waals surface area contributed by atoms with Gasteiger partial charge in [0, 0.05) is 6.42 Å². The number of allylic oxidation sites excluding steroid dienone is 5. The van der Waals surface area contributed by atoms with E-state index >= 15 is 0 Å². The van der Waals surface area contributed by atoms with Crippen molar-refractivity contribution in [1.82, 2.24) is 0 Å². The normalized spacial score (nSPS) is 25.9. The van der Waals surface area contributed by atoms with Gasteiger partial charge in [0.25, 0.3) is 0 Å². The zero-order chi connectivity index (χ0) is 11.9. The molecule has 0 unspecified atom stereocenters. The molecule has 0 fully saturated rings. The summed E-state index contributed by atoms with van der Waals surface area (Å²) >= 11 is 0. The minimum absolute atomic E-state index is 0.326. The molecule has 0 heterocycles. The van der Waals surface area contributed by atoms with Gasteiger partial charge in [-0.15, -0.1) is 0 Å². The zero-order valence-electron chi connectivity index (χ0n) is 10.5. The topological polar surface area (TPSA) is 17.1 Å². The van der Waals surface area contributed by atoms with Crippen LogP contribution in [0, 0.1) is 5.92 Å². The van der Waals surface area contributed by atoms with Gasteiger partial charge in [-0.25, -0.2) is 0 Å². The van der Waals surface area contributed by atoms with Crippen LogP contribution >= 0.6 is 0 Å². The number of Topliss-reactive ketones (excluding diaryl/α,β-unsaturated/α-hetero) is 1. The van der Waals surface area contributed by atoms with Crippen LogP contribution in [0.1, 0.15) is 46.5 Å². The van der Waals surface area contributed by atoms with E-state index in [9.17, 15) is 4.79 Å². The number of carbonyl (C=O) groups is 1. The molecule has 0 N–H and O–H groups in total. The van der Waals surface area contributed by atoms with Crippen molar-refractivity contribution in [3.8, 4) is 0 Å². The lowest BCUT2D eigenvalue weighted by molar-refractivity contribution is -0.114. The second-order valence-electron chi connectivity index (χ2n) is 5.25. The predicted octanol–water partition coefficient (Wildman–Crippen LogP) is 3.97. The summed E-state index contributed by atoms with van der Waals surface area (Å²) in [7, 11) is 0. The molecule has 0 aromatic carbocycles. The molecule has 16 heavy (non-hydrogen) atoms. The molecule has 1 nitrogen and oxygen atoms in total. The molecule has 0 radical (unpaired) electrons. The molecule has 0 aromatic heterocycles. The number of fused-ring (bicyclic) bond motifs is 1. The number of hydrogen-bond acceptors (Lipinski definition) is 1. The molecule has 0 saturated carbocycles.